The molecule has 1 saturated heterocycles. The Morgan fingerprint density at radius 3 is 3.00 bits per heavy atom. The zero-order valence-electron chi connectivity index (χ0n) is 8.56. The van der Waals surface area contributed by atoms with E-state index in [9.17, 15) is 4.79 Å². The molecule has 0 aromatic carbocycles. The van der Waals surface area contributed by atoms with E-state index in [1.807, 2.05) is 5.06 Å². The van der Waals surface area contributed by atoms with Crippen LogP contribution in [0.25, 0.3) is 0 Å². The normalized spacial score (nSPS) is 17.1. The van der Waals surface area contributed by atoms with Gasteiger partial charge >= 0.3 is 0 Å². The molecule has 82 valence electrons. The van der Waals surface area contributed by atoms with Crippen LogP contribution in [0.1, 0.15) is 6.42 Å². The Kier molecular flexibility index (Phi) is 3.03. The highest BCUT2D eigenvalue weighted by Gasteiger charge is 2.11. The summed E-state index contributed by atoms with van der Waals surface area (Å²) in [6.45, 7) is 3.07. The number of anilines is 1. The van der Waals surface area contributed by atoms with Crippen LogP contribution in [0.4, 0.5) is 5.69 Å². The van der Waals surface area contributed by atoms with E-state index in [1.54, 1.807) is 16.8 Å². The lowest BCUT2D eigenvalue weighted by atomic mass is 10.4. The van der Waals surface area contributed by atoms with Crippen LogP contribution in [0.15, 0.2) is 23.1 Å². The van der Waals surface area contributed by atoms with Gasteiger partial charge in [0.05, 0.1) is 6.61 Å². The number of hydroxylamine groups is 2. The third-order valence-electron chi connectivity index (χ3n) is 2.42. The number of nitrogen functional groups attached to an aromatic ring is 1. The first-order valence-electron chi connectivity index (χ1n) is 5.09. The van der Waals surface area contributed by atoms with E-state index in [0.29, 0.717) is 12.2 Å². The summed E-state index contributed by atoms with van der Waals surface area (Å²) in [7, 11) is 0. The molecule has 1 aliphatic heterocycles. The molecule has 1 fully saturated rings. The van der Waals surface area contributed by atoms with Gasteiger partial charge in [-0.1, -0.05) is 0 Å². The van der Waals surface area contributed by atoms with Crippen molar-refractivity contribution in [2.24, 2.45) is 0 Å². The maximum atomic E-state index is 11.4. The molecule has 0 atom stereocenters. The lowest BCUT2D eigenvalue weighted by Crippen LogP contribution is -2.28. The van der Waals surface area contributed by atoms with Gasteiger partial charge in [0.25, 0.3) is 5.56 Å². The second-order valence-corrected chi connectivity index (χ2v) is 3.61. The topological polar surface area (TPSA) is 60.5 Å². The van der Waals surface area contributed by atoms with E-state index in [0.717, 1.165) is 26.1 Å². The van der Waals surface area contributed by atoms with Gasteiger partial charge in [-0.25, -0.2) is 0 Å². The summed E-state index contributed by atoms with van der Waals surface area (Å²) in [5.74, 6) is 0. The van der Waals surface area contributed by atoms with Gasteiger partial charge in [-0.15, -0.1) is 0 Å². The first-order chi connectivity index (χ1) is 7.25. The molecule has 0 amide bonds. The van der Waals surface area contributed by atoms with Gasteiger partial charge < -0.3 is 10.3 Å². The van der Waals surface area contributed by atoms with E-state index in [2.05, 4.69) is 0 Å². The molecule has 0 radical (unpaired) electrons. The summed E-state index contributed by atoms with van der Waals surface area (Å²) >= 11 is 0. The van der Waals surface area contributed by atoms with Crippen LogP contribution in [-0.2, 0) is 11.4 Å². The van der Waals surface area contributed by atoms with Gasteiger partial charge in [-0.05, 0) is 12.5 Å². The zero-order chi connectivity index (χ0) is 10.7. The Labute approximate surface area is 88.0 Å². The van der Waals surface area contributed by atoms with Crippen molar-refractivity contribution in [3.63, 3.8) is 0 Å². The third kappa shape index (κ3) is 2.57. The number of hydrogen-bond acceptors (Lipinski definition) is 4. The van der Waals surface area contributed by atoms with Crippen LogP contribution in [0, 0.1) is 0 Å². The van der Waals surface area contributed by atoms with Crippen molar-refractivity contribution in [1.82, 2.24) is 9.63 Å². The number of aromatic nitrogens is 1. The summed E-state index contributed by atoms with van der Waals surface area (Å²) < 4.78 is 1.61. The van der Waals surface area contributed by atoms with Crippen molar-refractivity contribution in [1.29, 1.82) is 0 Å². The number of rotatable bonds is 3. The third-order valence-corrected chi connectivity index (χ3v) is 2.42. The maximum Gasteiger partial charge on any atom is 0.250 e. The van der Waals surface area contributed by atoms with Gasteiger partial charge in [-0.3, -0.25) is 9.63 Å². The van der Waals surface area contributed by atoms with Crippen molar-refractivity contribution < 1.29 is 4.84 Å². The average molecular weight is 209 g/mol. The standard InChI is InChI=1S/C10H15N3O2/c11-9-2-3-10(14)12(8-9)5-6-13-4-1-7-15-13/h2-3,8H,1,4-7,11H2. The molecule has 15 heavy (non-hydrogen) atoms. The second-order valence-electron chi connectivity index (χ2n) is 3.61. The van der Waals surface area contributed by atoms with Crippen molar-refractivity contribution in [2.75, 3.05) is 25.4 Å². The van der Waals surface area contributed by atoms with Crippen LogP contribution in [0.5, 0.6) is 0 Å². The Hall–Kier alpha value is -1.33. The Morgan fingerprint density at radius 2 is 2.27 bits per heavy atom. The van der Waals surface area contributed by atoms with E-state index in [-0.39, 0.29) is 5.56 Å². The quantitative estimate of drug-likeness (QED) is 0.765. The maximum absolute atomic E-state index is 11.4. The van der Waals surface area contributed by atoms with Crippen LogP contribution in [-0.4, -0.2) is 29.3 Å². The lowest BCUT2D eigenvalue weighted by Gasteiger charge is -2.14. The summed E-state index contributed by atoms with van der Waals surface area (Å²) in [6.07, 6.45) is 2.73. The Balaban J connectivity index is 1.97. The molecule has 0 unspecified atom stereocenters. The average Bonchev–Trinajstić information content (AvgIpc) is 2.72. The molecule has 5 heteroatoms. The van der Waals surface area contributed by atoms with Crippen LogP contribution in [0.3, 0.4) is 0 Å². The van der Waals surface area contributed by atoms with Gasteiger partial charge in [0.15, 0.2) is 0 Å². The molecule has 2 rings (SSSR count). The van der Waals surface area contributed by atoms with Crippen LogP contribution in [0.2, 0.25) is 0 Å². The first kappa shape index (κ1) is 10.2. The number of pyridine rings is 1. The molecule has 5 nitrogen and oxygen atoms in total. The molecule has 1 aliphatic rings. The van der Waals surface area contributed by atoms with Gasteiger partial charge in [0.1, 0.15) is 0 Å². The lowest BCUT2D eigenvalue weighted by molar-refractivity contribution is -0.111. The molecular weight excluding hydrogens is 194 g/mol. The number of hydrogen-bond donors (Lipinski definition) is 1. The molecule has 0 aliphatic carbocycles. The first-order valence-corrected chi connectivity index (χ1v) is 5.09. The SMILES string of the molecule is Nc1ccc(=O)n(CCN2CCCO2)c1. The van der Waals surface area contributed by atoms with Crippen molar-refractivity contribution >= 4 is 5.69 Å². The van der Waals surface area contributed by atoms with Gasteiger partial charge in [0, 0.05) is 37.6 Å². The molecule has 1 aromatic rings. The fourth-order valence-electron chi connectivity index (χ4n) is 1.62. The molecule has 2 N–H and O–H groups in total. The van der Waals surface area contributed by atoms with Crippen LogP contribution >= 0.6 is 0 Å². The highest BCUT2D eigenvalue weighted by atomic mass is 16.7. The van der Waals surface area contributed by atoms with E-state index in [4.69, 9.17) is 10.6 Å². The molecule has 0 saturated carbocycles. The summed E-state index contributed by atoms with van der Waals surface area (Å²) in [5.41, 5.74) is 6.19. The smallest absolute Gasteiger partial charge is 0.250 e. The van der Waals surface area contributed by atoms with Crippen molar-refractivity contribution in [3.8, 4) is 0 Å². The highest BCUT2D eigenvalue weighted by molar-refractivity contribution is 5.33. The zero-order valence-corrected chi connectivity index (χ0v) is 8.56. The fraction of sp³-hybridized carbons (Fsp3) is 0.500. The van der Waals surface area contributed by atoms with Crippen molar-refractivity contribution in [2.45, 2.75) is 13.0 Å². The van der Waals surface area contributed by atoms with E-state index in [1.165, 1.54) is 6.07 Å². The van der Waals surface area contributed by atoms with Crippen LogP contribution < -0.4 is 11.3 Å². The van der Waals surface area contributed by atoms with E-state index >= 15 is 0 Å². The van der Waals surface area contributed by atoms with Gasteiger partial charge in [-0.2, -0.15) is 5.06 Å². The molecular formula is C10H15N3O2. The van der Waals surface area contributed by atoms with E-state index < -0.39 is 0 Å². The monoisotopic (exact) mass is 209 g/mol. The predicted molar refractivity (Wildman–Crippen MR) is 57.3 cm³/mol. The molecule has 0 bridgehead atoms. The highest BCUT2D eigenvalue weighted by Crippen LogP contribution is 2.04. The minimum atomic E-state index is -0.0246. The van der Waals surface area contributed by atoms with Crippen molar-refractivity contribution in [3.05, 3.63) is 28.7 Å². The summed E-state index contributed by atoms with van der Waals surface area (Å²) in [4.78, 5) is 16.8. The Morgan fingerprint density at radius 1 is 1.40 bits per heavy atom. The Bertz CT molecular complexity index is 382. The molecule has 2 heterocycles. The second kappa shape index (κ2) is 4.46. The number of nitrogens with two attached hydrogens (primary N) is 1. The number of nitrogens with zero attached hydrogens (tertiary/aromatic N) is 2. The molecule has 1 aromatic heterocycles. The minimum Gasteiger partial charge on any atom is -0.398 e. The van der Waals surface area contributed by atoms with Gasteiger partial charge in [0.2, 0.25) is 0 Å². The fourth-order valence-corrected chi connectivity index (χ4v) is 1.62. The summed E-state index contributed by atoms with van der Waals surface area (Å²) in [6, 6.07) is 3.10. The summed E-state index contributed by atoms with van der Waals surface area (Å²) in [5, 5.41) is 1.88. The predicted octanol–water partition coefficient (Wildman–Crippen LogP) is 0.0678. The minimum absolute atomic E-state index is 0.0246. The largest absolute Gasteiger partial charge is 0.398 e. The molecule has 0 spiro atoms.